The molecule has 0 heterocycles. The molecule has 7 heteroatoms. The molecule has 0 rings (SSSR count). The lowest BCUT2D eigenvalue weighted by atomic mass is 10.4. The molecule has 0 aliphatic rings. The maximum absolute atomic E-state index is 11.3. The number of nitrogens with zero attached hydrogens (tertiary/aromatic N) is 1. The van der Waals surface area contributed by atoms with Gasteiger partial charge in [0.05, 0.1) is 6.42 Å². The topological polar surface area (TPSA) is 12.4 Å². The van der Waals surface area contributed by atoms with Crippen LogP contribution >= 0.6 is 0 Å². The molecule has 0 aromatic rings. The molecule has 0 saturated heterocycles. The first-order chi connectivity index (χ1) is 5.21. The number of alkyl halides is 6. The first-order valence-electron chi connectivity index (χ1n) is 2.85. The molecule has 0 unspecified atom stereocenters. The van der Waals surface area contributed by atoms with E-state index in [1.54, 1.807) is 0 Å². The van der Waals surface area contributed by atoms with Crippen molar-refractivity contribution in [3.8, 4) is 0 Å². The Morgan fingerprint density at radius 1 is 1.00 bits per heavy atom. The lowest BCUT2D eigenvalue weighted by molar-refractivity contribution is -0.132. The summed E-state index contributed by atoms with van der Waals surface area (Å²) < 4.78 is 67.7. The zero-order valence-corrected chi connectivity index (χ0v) is 5.71. The van der Waals surface area contributed by atoms with E-state index in [1.807, 2.05) is 0 Å². The fourth-order valence-corrected chi connectivity index (χ4v) is 0.359. The minimum atomic E-state index is -4.63. The van der Waals surface area contributed by atoms with Crippen molar-refractivity contribution in [2.75, 3.05) is 6.54 Å². The normalized spacial score (nSPS) is 14.2. The van der Waals surface area contributed by atoms with E-state index in [9.17, 15) is 26.3 Å². The summed E-state index contributed by atoms with van der Waals surface area (Å²) in [6, 6.07) is 0. The van der Waals surface area contributed by atoms with Crippen molar-refractivity contribution in [3.05, 3.63) is 0 Å². The second-order valence-corrected chi connectivity index (χ2v) is 1.94. The first-order valence-corrected chi connectivity index (χ1v) is 2.85. The lowest BCUT2D eigenvalue weighted by Crippen LogP contribution is -2.12. The van der Waals surface area contributed by atoms with Gasteiger partial charge in [-0.15, -0.1) is 0 Å². The van der Waals surface area contributed by atoms with Gasteiger partial charge in [-0.2, -0.15) is 26.3 Å². The van der Waals surface area contributed by atoms with Gasteiger partial charge in [0, 0.05) is 6.54 Å². The largest absolute Gasteiger partial charge is 0.426 e. The van der Waals surface area contributed by atoms with Crippen LogP contribution in [-0.4, -0.2) is 25.1 Å². The molecule has 0 N–H and O–H groups in total. The Hall–Kier alpha value is -0.750. The van der Waals surface area contributed by atoms with Crippen LogP contribution in [-0.2, 0) is 0 Å². The van der Waals surface area contributed by atoms with Crippen LogP contribution in [0.1, 0.15) is 6.42 Å². The lowest BCUT2D eigenvalue weighted by Gasteiger charge is -2.02. The fraction of sp³-hybridized carbons (Fsp3) is 0.800. The Kier molecular flexibility index (Phi) is 3.54. The average molecular weight is 193 g/mol. The van der Waals surface area contributed by atoms with E-state index >= 15 is 0 Å². The van der Waals surface area contributed by atoms with Gasteiger partial charge >= 0.3 is 12.4 Å². The molecule has 72 valence electrons. The SMILES string of the molecule is FC(F)(F)C=NCCC(F)(F)F. The van der Waals surface area contributed by atoms with Crippen molar-refractivity contribution in [2.45, 2.75) is 18.8 Å². The van der Waals surface area contributed by atoms with E-state index in [4.69, 9.17) is 0 Å². The van der Waals surface area contributed by atoms with Gasteiger partial charge in [0.25, 0.3) is 0 Å². The number of rotatable bonds is 2. The average Bonchev–Trinajstić information content (AvgIpc) is 1.76. The maximum Gasteiger partial charge on any atom is 0.426 e. The minimum Gasteiger partial charge on any atom is -0.288 e. The van der Waals surface area contributed by atoms with Crippen LogP contribution in [0.25, 0.3) is 0 Å². The molecule has 0 aromatic carbocycles. The van der Waals surface area contributed by atoms with Crippen LogP contribution in [0, 0.1) is 0 Å². The summed E-state index contributed by atoms with van der Waals surface area (Å²) in [4.78, 5) is 2.56. The van der Waals surface area contributed by atoms with Crippen molar-refractivity contribution in [1.29, 1.82) is 0 Å². The van der Waals surface area contributed by atoms with E-state index in [0.717, 1.165) is 0 Å². The first kappa shape index (κ1) is 11.2. The van der Waals surface area contributed by atoms with Gasteiger partial charge in [-0.05, 0) is 0 Å². The standard InChI is InChI=1S/C5H5F6N/c6-4(7,8)1-2-12-3-5(9,10)11/h3H,1-2H2. The van der Waals surface area contributed by atoms with E-state index < -0.39 is 31.5 Å². The van der Waals surface area contributed by atoms with Crippen LogP contribution in [0.2, 0.25) is 0 Å². The van der Waals surface area contributed by atoms with Crippen LogP contribution in [0.4, 0.5) is 26.3 Å². The Bertz CT molecular complexity index is 154. The maximum atomic E-state index is 11.3. The summed E-state index contributed by atoms with van der Waals surface area (Å²) in [5.41, 5.74) is 0. The van der Waals surface area contributed by atoms with Gasteiger partial charge in [-0.1, -0.05) is 0 Å². The van der Waals surface area contributed by atoms with Crippen LogP contribution < -0.4 is 0 Å². The molecule has 12 heavy (non-hydrogen) atoms. The van der Waals surface area contributed by atoms with Crippen molar-refractivity contribution >= 4 is 6.21 Å². The van der Waals surface area contributed by atoms with Crippen molar-refractivity contribution in [1.82, 2.24) is 0 Å². The third kappa shape index (κ3) is 9.25. The molecule has 0 bridgehead atoms. The number of halogens is 6. The molecule has 0 aliphatic heterocycles. The molecule has 0 spiro atoms. The summed E-state index contributed by atoms with van der Waals surface area (Å²) in [5, 5.41) is 0. The van der Waals surface area contributed by atoms with Crippen LogP contribution in [0.5, 0.6) is 0 Å². The zero-order valence-electron chi connectivity index (χ0n) is 5.71. The molecule has 1 nitrogen and oxygen atoms in total. The quantitative estimate of drug-likeness (QED) is 0.472. The highest BCUT2D eigenvalue weighted by Crippen LogP contribution is 2.19. The van der Waals surface area contributed by atoms with Gasteiger partial charge in [0.15, 0.2) is 0 Å². The van der Waals surface area contributed by atoms with E-state index in [-0.39, 0.29) is 0 Å². The fourth-order valence-electron chi connectivity index (χ4n) is 0.359. The Morgan fingerprint density at radius 3 is 1.83 bits per heavy atom. The Balaban J connectivity index is 3.64. The highest BCUT2D eigenvalue weighted by atomic mass is 19.4. The molecule has 0 fully saturated rings. The summed E-state index contributed by atoms with van der Waals surface area (Å²) in [6.45, 7) is -0.886. The highest BCUT2D eigenvalue weighted by Gasteiger charge is 2.27. The molecule has 0 saturated carbocycles. The molecule has 0 aromatic heterocycles. The van der Waals surface area contributed by atoms with Crippen LogP contribution in [0.15, 0.2) is 4.99 Å². The van der Waals surface area contributed by atoms with Gasteiger partial charge < -0.3 is 0 Å². The third-order valence-corrected chi connectivity index (χ3v) is 0.762. The predicted molar refractivity (Wildman–Crippen MR) is 30.1 cm³/mol. The van der Waals surface area contributed by atoms with E-state index in [2.05, 4.69) is 4.99 Å². The van der Waals surface area contributed by atoms with E-state index in [0.29, 0.717) is 0 Å². The van der Waals surface area contributed by atoms with Gasteiger partial charge in [0.2, 0.25) is 0 Å². The smallest absolute Gasteiger partial charge is 0.288 e. The van der Waals surface area contributed by atoms with Crippen LogP contribution in [0.3, 0.4) is 0 Å². The molecular weight excluding hydrogens is 188 g/mol. The molecule has 0 aliphatic carbocycles. The highest BCUT2D eigenvalue weighted by molar-refractivity contribution is 5.63. The second kappa shape index (κ2) is 3.77. The van der Waals surface area contributed by atoms with E-state index in [1.165, 1.54) is 0 Å². The number of aliphatic imine (C=N–C) groups is 1. The van der Waals surface area contributed by atoms with Gasteiger partial charge in [-0.25, -0.2) is 0 Å². The van der Waals surface area contributed by atoms with Gasteiger partial charge in [0.1, 0.15) is 6.21 Å². The van der Waals surface area contributed by atoms with Crippen molar-refractivity contribution < 1.29 is 26.3 Å². The Morgan fingerprint density at radius 2 is 1.50 bits per heavy atom. The monoisotopic (exact) mass is 193 g/mol. The van der Waals surface area contributed by atoms with Crippen molar-refractivity contribution in [3.63, 3.8) is 0 Å². The predicted octanol–water partition coefficient (Wildman–Crippen LogP) is 2.57. The molecule has 0 amide bonds. The molecule has 0 atom stereocenters. The second-order valence-electron chi connectivity index (χ2n) is 1.94. The Labute approximate surface area is 64.1 Å². The summed E-state index contributed by atoms with van der Waals surface area (Å²) in [7, 11) is 0. The summed E-state index contributed by atoms with van der Waals surface area (Å²) in [6.07, 6.45) is -10.9. The summed E-state index contributed by atoms with van der Waals surface area (Å²) in [5.74, 6) is 0. The summed E-state index contributed by atoms with van der Waals surface area (Å²) >= 11 is 0. The zero-order chi connectivity index (χ0) is 9.83. The third-order valence-electron chi connectivity index (χ3n) is 0.762. The number of hydrogen-bond donors (Lipinski definition) is 0. The number of hydrogen-bond acceptors (Lipinski definition) is 1. The van der Waals surface area contributed by atoms with Gasteiger partial charge in [-0.3, -0.25) is 4.99 Å². The molecule has 0 radical (unpaired) electrons. The van der Waals surface area contributed by atoms with Crippen molar-refractivity contribution in [2.24, 2.45) is 4.99 Å². The molecular formula is C5H5F6N. The minimum absolute atomic E-state index is 0.446.